The van der Waals surface area contributed by atoms with Gasteiger partial charge >= 0.3 is 0 Å². The molecule has 26 heavy (non-hydrogen) atoms. The molecule has 0 bridgehead atoms. The lowest BCUT2D eigenvalue weighted by Crippen LogP contribution is -2.09. The van der Waals surface area contributed by atoms with Gasteiger partial charge in [0.05, 0.1) is 18.4 Å². The molecule has 0 aliphatic heterocycles. The average molecular weight is 410 g/mol. The van der Waals surface area contributed by atoms with E-state index < -0.39 is 0 Å². The molecule has 0 fully saturated rings. The maximum atomic E-state index is 12.3. The number of hydrogen-bond acceptors (Lipinski definition) is 4. The second-order valence-electron chi connectivity index (χ2n) is 5.84. The first-order valence-electron chi connectivity index (χ1n) is 7.78. The fourth-order valence-corrected chi connectivity index (χ4v) is 3.16. The zero-order valence-corrected chi connectivity index (χ0v) is 15.9. The van der Waals surface area contributed by atoms with Gasteiger partial charge in [-0.15, -0.1) is 0 Å². The highest BCUT2D eigenvalue weighted by Crippen LogP contribution is 2.22. The summed E-state index contributed by atoms with van der Waals surface area (Å²) >= 11 is 17.9. The zero-order valence-electron chi connectivity index (χ0n) is 13.6. The van der Waals surface area contributed by atoms with E-state index in [9.17, 15) is 4.79 Å². The fourth-order valence-electron chi connectivity index (χ4n) is 2.54. The maximum Gasteiger partial charge on any atom is 0.143 e. The Morgan fingerprint density at radius 2 is 1.85 bits per heavy atom. The van der Waals surface area contributed by atoms with Crippen molar-refractivity contribution >= 4 is 46.4 Å². The van der Waals surface area contributed by atoms with Gasteiger partial charge in [-0.05, 0) is 23.8 Å². The number of nitrogen functional groups attached to an aromatic ring is 1. The number of nitrogens with zero attached hydrogens (tertiary/aromatic N) is 3. The van der Waals surface area contributed by atoms with Crippen molar-refractivity contribution in [2.24, 2.45) is 0 Å². The van der Waals surface area contributed by atoms with Crippen molar-refractivity contribution in [3.63, 3.8) is 0 Å². The van der Waals surface area contributed by atoms with Crippen molar-refractivity contribution in [1.82, 2.24) is 14.5 Å². The van der Waals surface area contributed by atoms with Crippen LogP contribution in [0.4, 0.5) is 5.82 Å². The molecule has 8 heteroatoms. The number of nitrogens with two attached hydrogens (primary N) is 1. The third-order valence-corrected chi connectivity index (χ3v) is 4.60. The van der Waals surface area contributed by atoms with Crippen molar-refractivity contribution in [3.8, 4) is 0 Å². The number of carbonyl (C=O) groups is 1. The standard InChI is InChI=1S/C18H15Cl3N4O/c19-13-3-1-12(16(20)6-13)8-25-9-14(23-10-25)7-15(26)5-11-2-4-17(21)24-18(11)22/h1-4,6,9-10H,5,7-8H2,(H2,22,24). The summed E-state index contributed by atoms with van der Waals surface area (Å²) in [6.45, 7) is 0.547. The van der Waals surface area contributed by atoms with Gasteiger partial charge in [0.2, 0.25) is 0 Å². The molecular weight excluding hydrogens is 395 g/mol. The van der Waals surface area contributed by atoms with Gasteiger partial charge in [0, 0.05) is 34.8 Å². The molecule has 2 aromatic heterocycles. The molecule has 5 nitrogen and oxygen atoms in total. The SMILES string of the molecule is Nc1nc(Cl)ccc1CC(=O)Cc1cn(Cc2ccc(Cl)cc2Cl)cn1. The van der Waals surface area contributed by atoms with Gasteiger partial charge in [-0.3, -0.25) is 4.79 Å². The van der Waals surface area contributed by atoms with Crippen molar-refractivity contribution in [1.29, 1.82) is 0 Å². The van der Waals surface area contributed by atoms with E-state index in [-0.39, 0.29) is 24.4 Å². The average Bonchev–Trinajstić information content (AvgIpc) is 3.00. The van der Waals surface area contributed by atoms with Crippen LogP contribution in [0.25, 0.3) is 0 Å². The molecule has 0 saturated heterocycles. The summed E-state index contributed by atoms with van der Waals surface area (Å²) in [6.07, 6.45) is 3.90. The molecule has 0 spiro atoms. The highest BCUT2D eigenvalue weighted by Gasteiger charge is 2.11. The molecule has 0 amide bonds. The number of rotatable bonds is 6. The molecule has 3 aromatic rings. The molecule has 3 rings (SSSR count). The highest BCUT2D eigenvalue weighted by atomic mass is 35.5. The van der Waals surface area contributed by atoms with Crippen LogP contribution < -0.4 is 5.73 Å². The minimum atomic E-state index is -0.00408. The van der Waals surface area contributed by atoms with E-state index in [1.807, 2.05) is 16.8 Å². The Kier molecular flexibility index (Phi) is 5.81. The molecule has 0 radical (unpaired) electrons. The third-order valence-electron chi connectivity index (χ3n) is 3.80. The van der Waals surface area contributed by atoms with Crippen LogP contribution in [0.15, 0.2) is 42.9 Å². The van der Waals surface area contributed by atoms with E-state index >= 15 is 0 Å². The number of aromatic nitrogens is 3. The van der Waals surface area contributed by atoms with Crippen LogP contribution in [-0.2, 0) is 24.2 Å². The first-order valence-corrected chi connectivity index (χ1v) is 8.91. The maximum absolute atomic E-state index is 12.3. The Morgan fingerprint density at radius 3 is 2.58 bits per heavy atom. The Morgan fingerprint density at radius 1 is 1.08 bits per heavy atom. The number of hydrogen-bond donors (Lipinski definition) is 1. The molecule has 0 atom stereocenters. The van der Waals surface area contributed by atoms with E-state index in [1.54, 1.807) is 30.6 Å². The molecular formula is C18H15Cl3N4O. The third kappa shape index (κ3) is 4.75. The Bertz CT molecular complexity index is 955. The van der Waals surface area contributed by atoms with Crippen LogP contribution in [0, 0.1) is 0 Å². The second-order valence-corrected chi connectivity index (χ2v) is 7.07. The minimum Gasteiger partial charge on any atom is -0.383 e. The molecule has 0 saturated carbocycles. The number of Topliss-reactive ketones (excluding diaryl/α,β-unsaturated/α-hetero) is 1. The van der Waals surface area contributed by atoms with Crippen LogP contribution in [-0.4, -0.2) is 20.3 Å². The number of benzene rings is 1. The van der Waals surface area contributed by atoms with Crippen molar-refractivity contribution < 1.29 is 4.79 Å². The normalized spacial score (nSPS) is 10.9. The largest absolute Gasteiger partial charge is 0.383 e. The van der Waals surface area contributed by atoms with E-state index in [0.29, 0.717) is 33.0 Å². The summed E-state index contributed by atoms with van der Waals surface area (Å²) < 4.78 is 1.87. The number of imidazole rings is 1. The molecule has 0 aliphatic rings. The lowest BCUT2D eigenvalue weighted by molar-refractivity contribution is -0.117. The summed E-state index contributed by atoms with van der Waals surface area (Å²) in [7, 11) is 0. The van der Waals surface area contributed by atoms with Gasteiger partial charge < -0.3 is 10.3 Å². The van der Waals surface area contributed by atoms with Gasteiger partial charge in [-0.2, -0.15) is 0 Å². The summed E-state index contributed by atoms with van der Waals surface area (Å²) in [5, 5.41) is 1.49. The highest BCUT2D eigenvalue weighted by molar-refractivity contribution is 6.35. The predicted octanol–water partition coefficient (Wildman–Crippen LogP) is 4.22. The fraction of sp³-hybridized carbons (Fsp3) is 0.167. The Balaban J connectivity index is 1.63. The van der Waals surface area contributed by atoms with Crippen molar-refractivity contribution in [2.45, 2.75) is 19.4 Å². The number of ketones is 1. The molecule has 134 valence electrons. The Labute approximate surface area is 165 Å². The number of anilines is 1. The van der Waals surface area contributed by atoms with E-state index in [4.69, 9.17) is 40.5 Å². The van der Waals surface area contributed by atoms with E-state index in [0.717, 1.165) is 5.56 Å². The van der Waals surface area contributed by atoms with Crippen LogP contribution >= 0.6 is 34.8 Å². The first kappa shape index (κ1) is 18.7. The van der Waals surface area contributed by atoms with Crippen molar-refractivity contribution in [2.75, 3.05) is 5.73 Å². The zero-order chi connectivity index (χ0) is 18.7. The van der Waals surface area contributed by atoms with Crippen LogP contribution in [0.3, 0.4) is 0 Å². The molecule has 1 aromatic carbocycles. The predicted molar refractivity (Wildman–Crippen MR) is 104 cm³/mol. The van der Waals surface area contributed by atoms with Crippen LogP contribution in [0.1, 0.15) is 16.8 Å². The lowest BCUT2D eigenvalue weighted by atomic mass is 10.1. The summed E-state index contributed by atoms with van der Waals surface area (Å²) in [5.74, 6) is 0.268. The number of pyridine rings is 1. The molecule has 2 heterocycles. The topological polar surface area (TPSA) is 73.8 Å². The number of halogens is 3. The summed E-state index contributed by atoms with van der Waals surface area (Å²) in [4.78, 5) is 20.5. The van der Waals surface area contributed by atoms with Gasteiger partial charge in [0.25, 0.3) is 0 Å². The van der Waals surface area contributed by atoms with Crippen LogP contribution in [0.5, 0.6) is 0 Å². The quantitative estimate of drug-likeness (QED) is 0.618. The number of carbonyl (C=O) groups excluding carboxylic acids is 1. The molecule has 2 N–H and O–H groups in total. The van der Waals surface area contributed by atoms with Gasteiger partial charge in [0.15, 0.2) is 0 Å². The summed E-state index contributed by atoms with van der Waals surface area (Å²) in [6, 6.07) is 8.68. The lowest BCUT2D eigenvalue weighted by Gasteiger charge is -2.05. The monoisotopic (exact) mass is 408 g/mol. The first-order chi connectivity index (χ1) is 12.4. The molecule has 0 aliphatic carbocycles. The van der Waals surface area contributed by atoms with E-state index in [2.05, 4.69) is 9.97 Å². The minimum absolute atomic E-state index is 0.00408. The van der Waals surface area contributed by atoms with E-state index in [1.165, 1.54) is 0 Å². The van der Waals surface area contributed by atoms with Gasteiger partial charge in [-0.1, -0.05) is 46.9 Å². The molecule has 0 unspecified atom stereocenters. The smallest absolute Gasteiger partial charge is 0.143 e. The Hall–Kier alpha value is -2.08. The summed E-state index contributed by atoms with van der Waals surface area (Å²) in [5.41, 5.74) is 8.05. The van der Waals surface area contributed by atoms with Gasteiger partial charge in [-0.25, -0.2) is 9.97 Å². The second kappa shape index (κ2) is 8.08. The van der Waals surface area contributed by atoms with Gasteiger partial charge in [0.1, 0.15) is 16.8 Å². The van der Waals surface area contributed by atoms with Crippen molar-refractivity contribution in [3.05, 3.63) is 74.9 Å². The van der Waals surface area contributed by atoms with Crippen LogP contribution in [0.2, 0.25) is 15.2 Å².